The number of carbonyl (C=O) groups is 4. The van der Waals surface area contributed by atoms with Crippen LogP contribution in [0.15, 0.2) is 62.4 Å². The molecule has 82 heavy (non-hydrogen) atoms. The fourth-order valence-electron chi connectivity index (χ4n) is 8.61. The predicted octanol–water partition coefficient (Wildman–Crippen LogP) is 13.9. The van der Waals surface area contributed by atoms with Crippen molar-refractivity contribution in [3.63, 3.8) is 0 Å². The van der Waals surface area contributed by atoms with Gasteiger partial charge in [-0.15, -0.1) is 22.7 Å². The zero-order valence-electron chi connectivity index (χ0n) is 50.5. The number of benzene rings is 2. The van der Waals surface area contributed by atoms with E-state index in [0.29, 0.717) is 28.4 Å². The molecule has 6 N–H and O–H groups in total. The number of sulfonamides is 2. The van der Waals surface area contributed by atoms with Crippen LogP contribution in [0.3, 0.4) is 0 Å². The lowest BCUT2D eigenvalue weighted by Gasteiger charge is -2.29. The van der Waals surface area contributed by atoms with Gasteiger partial charge in [0, 0.05) is 58.1 Å². The van der Waals surface area contributed by atoms with Gasteiger partial charge in [0.1, 0.15) is 11.2 Å². The molecule has 0 bridgehead atoms. The summed E-state index contributed by atoms with van der Waals surface area (Å²) in [6.07, 6.45) is 8.44. The van der Waals surface area contributed by atoms with Crippen LogP contribution < -0.4 is 30.7 Å². The average molecular weight is 1280 g/mol. The summed E-state index contributed by atoms with van der Waals surface area (Å²) in [6.45, 7) is 30.4. The zero-order chi connectivity index (χ0) is 61.8. The van der Waals surface area contributed by atoms with E-state index in [9.17, 15) is 36.0 Å². The average Bonchev–Trinajstić information content (AvgIpc) is 4.09. The molecule has 4 amide bonds. The Morgan fingerprint density at radius 3 is 1.34 bits per heavy atom. The van der Waals surface area contributed by atoms with Crippen LogP contribution in [-0.4, -0.2) is 97.7 Å². The number of alkyl carbamates (subject to hydrolysis) is 2. The maximum atomic E-state index is 13.5. The van der Waals surface area contributed by atoms with Crippen LogP contribution in [0, 0.1) is 6.92 Å². The molecule has 4 aromatic rings. The minimum atomic E-state index is -3.94. The van der Waals surface area contributed by atoms with Gasteiger partial charge in [0.05, 0.1) is 46.9 Å². The van der Waals surface area contributed by atoms with Gasteiger partial charge < -0.3 is 29.6 Å². The highest BCUT2D eigenvalue weighted by molar-refractivity contribution is 9.11. The van der Waals surface area contributed by atoms with Gasteiger partial charge in [-0.1, -0.05) is 12.1 Å². The molecule has 2 aliphatic carbocycles. The minimum Gasteiger partial charge on any atom is -0.447 e. The van der Waals surface area contributed by atoms with Crippen molar-refractivity contribution in [1.82, 2.24) is 30.0 Å². The third-order valence-corrected chi connectivity index (χ3v) is 18.2. The molecule has 2 aromatic heterocycles. The van der Waals surface area contributed by atoms with E-state index in [1.807, 2.05) is 47.7 Å². The molecule has 20 nitrogen and oxygen atoms in total. The summed E-state index contributed by atoms with van der Waals surface area (Å²) in [5.41, 5.74) is -0.502. The number of hydrogen-bond donors (Lipinski definition) is 6. The first-order valence-corrected chi connectivity index (χ1v) is 32.9. The number of halogens is 1. The number of carbonyl (C=O) groups excluding carboxylic acids is 4. The summed E-state index contributed by atoms with van der Waals surface area (Å²) < 4.78 is 78.9. The van der Waals surface area contributed by atoms with E-state index < -0.39 is 60.6 Å². The number of nitrogens with one attached hydrogen (secondary N) is 6. The van der Waals surface area contributed by atoms with E-state index in [4.69, 9.17) is 18.9 Å². The van der Waals surface area contributed by atoms with Gasteiger partial charge in [-0.05, 0) is 215 Å². The summed E-state index contributed by atoms with van der Waals surface area (Å²) in [6, 6.07) is 9.75. The lowest BCUT2D eigenvalue weighted by Crippen LogP contribution is -2.40. The predicted molar refractivity (Wildman–Crippen MR) is 328 cm³/mol. The minimum absolute atomic E-state index is 0.0465. The molecule has 2 heterocycles. The van der Waals surface area contributed by atoms with Crippen LogP contribution in [0.2, 0.25) is 0 Å². The number of aromatic nitrogens is 2. The van der Waals surface area contributed by atoms with Crippen molar-refractivity contribution in [1.29, 1.82) is 0 Å². The SMILES string of the molecule is CC(C)(C)OC(=O)NC1CCC(c2ncc(Br)s2)CC1.CC(C)OC(=O)Nc1ccc(-c2cnc(C3CCC(NC(=O)OC(C)(C)C)CC3)s2)c(S(=O)(=O)NC(C)(C)C)c1.Cc1ccc(NC(=O)OC(C)C)cc1S(=O)(=O)NC(C)(C)C. The van der Waals surface area contributed by atoms with Gasteiger partial charge in [0.2, 0.25) is 20.0 Å². The van der Waals surface area contributed by atoms with Gasteiger partial charge in [-0.3, -0.25) is 10.6 Å². The normalized spacial score (nSPS) is 18.0. The van der Waals surface area contributed by atoms with E-state index in [2.05, 4.69) is 56.6 Å². The fraction of sp³-hybridized carbons (Fsp3) is 0.614. The smallest absolute Gasteiger partial charge is 0.411 e. The second-order valence-corrected chi connectivity index (χ2v) is 31.8. The maximum Gasteiger partial charge on any atom is 0.411 e. The highest BCUT2D eigenvalue weighted by Gasteiger charge is 2.31. The van der Waals surface area contributed by atoms with Crippen molar-refractivity contribution >= 4 is 94.4 Å². The Morgan fingerprint density at radius 2 is 0.951 bits per heavy atom. The number of amides is 4. The number of thiazole rings is 2. The Balaban J connectivity index is 0.000000290. The fourth-order valence-corrected chi connectivity index (χ4v) is 14.6. The van der Waals surface area contributed by atoms with Crippen LogP contribution >= 0.6 is 38.6 Å². The van der Waals surface area contributed by atoms with Gasteiger partial charge in [0.15, 0.2) is 0 Å². The monoisotopic (exact) mass is 1280 g/mol. The molecule has 2 fully saturated rings. The van der Waals surface area contributed by atoms with Gasteiger partial charge in [0.25, 0.3) is 0 Å². The molecule has 458 valence electrons. The summed E-state index contributed by atoms with van der Waals surface area (Å²) in [7, 11) is -7.61. The highest BCUT2D eigenvalue weighted by atomic mass is 79.9. The number of nitrogens with zero attached hydrogens (tertiary/aromatic N) is 2. The Hall–Kier alpha value is -4.92. The summed E-state index contributed by atoms with van der Waals surface area (Å²) in [5, 5.41) is 13.2. The Bertz CT molecular complexity index is 3010. The van der Waals surface area contributed by atoms with Crippen molar-refractivity contribution in [2.45, 2.75) is 237 Å². The second kappa shape index (κ2) is 29.3. The molecule has 2 aromatic carbocycles. The van der Waals surface area contributed by atoms with E-state index in [0.717, 1.165) is 65.0 Å². The molecule has 0 radical (unpaired) electrons. The first-order chi connectivity index (χ1) is 37.7. The quantitative estimate of drug-likeness (QED) is 0.0680. The molecule has 0 spiro atoms. The van der Waals surface area contributed by atoms with E-state index >= 15 is 0 Å². The molecule has 2 saturated carbocycles. The maximum absolute atomic E-state index is 13.5. The van der Waals surface area contributed by atoms with Crippen LogP contribution in [0.5, 0.6) is 0 Å². The summed E-state index contributed by atoms with van der Waals surface area (Å²) in [5.74, 6) is 0.748. The van der Waals surface area contributed by atoms with Crippen molar-refractivity contribution < 1.29 is 55.0 Å². The first-order valence-electron chi connectivity index (χ1n) is 27.5. The van der Waals surface area contributed by atoms with Crippen molar-refractivity contribution in [3.8, 4) is 10.4 Å². The lowest BCUT2D eigenvalue weighted by atomic mass is 9.86. The molecule has 6 rings (SSSR count). The Morgan fingerprint density at radius 1 is 0.561 bits per heavy atom. The zero-order valence-corrected chi connectivity index (χ0v) is 55.4. The van der Waals surface area contributed by atoms with Crippen molar-refractivity contribution in [2.24, 2.45) is 0 Å². The van der Waals surface area contributed by atoms with Crippen molar-refractivity contribution in [2.75, 3.05) is 10.6 Å². The molecule has 0 aliphatic heterocycles. The van der Waals surface area contributed by atoms with E-state index in [1.54, 1.807) is 118 Å². The van der Waals surface area contributed by atoms with Crippen LogP contribution in [0.4, 0.5) is 30.6 Å². The van der Waals surface area contributed by atoms with E-state index in [1.165, 1.54) is 28.5 Å². The molecule has 25 heteroatoms. The van der Waals surface area contributed by atoms with Crippen LogP contribution in [0.25, 0.3) is 10.4 Å². The molecule has 0 unspecified atom stereocenters. The Labute approximate surface area is 502 Å². The van der Waals surface area contributed by atoms with Crippen LogP contribution in [0.1, 0.15) is 190 Å². The molecular formula is C57H87BrN8O12S4. The van der Waals surface area contributed by atoms with Crippen LogP contribution in [-0.2, 0) is 39.0 Å². The topological polar surface area (TPSA) is 271 Å². The molecule has 2 aliphatic rings. The summed E-state index contributed by atoms with van der Waals surface area (Å²) >= 11 is 6.63. The molecule has 0 atom stereocenters. The number of rotatable bonds is 13. The van der Waals surface area contributed by atoms with Gasteiger partial charge in [-0.2, -0.15) is 0 Å². The second-order valence-electron chi connectivity index (χ2n) is 25.0. The Kier molecular flexibility index (Phi) is 24.8. The van der Waals surface area contributed by atoms with Crippen molar-refractivity contribution in [3.05, 3.63) is 68.2 Å². The molecular weight excluding hydrogens is 1200 g/mol. The third-order valence-electron chi connectivity index (χ3n) is 11.7. The lowest BCUT2D eigenvalue weighted by molar-refractivity contribution is 0.0479. The largest absolute Gasteiger partial charge is 0.447 e. The summed E-state index contributed by atoms with van der Waals surface area (Å²) in [4.78, 5) is 57.6. The van der Waals surface area contributed by atoms with Gasteiger partial charge >= 0.3 is 24.4 Å². The highest BCUT2D eigenvalue weighted by Crippen LogP contribution is 2.41. The standard InChI is InChI=1S/C28H42N4O6S2.C15H24N2O4S.C14H21BrN2O2S/c1-17(2)37-25(33)31-20-13-14-21(23(15-20)40(35,36)32-27(3,4)5)22-16-29-24(39-22)18-9-11-19(12-10-18)30-26(34)38-28(6,7)8;1-10(2)21-14(18)16-12-8-7-11(3)13(9-12)22(19,20)17-15(4,5)6;1-14(2,3)19-13(18)17-10-6-4-9(5-7-10)12-16-8-11(15)20-12/h13-19,32H,9-12H2,1-8H3,(H,30,34)(H,31,33);7-10,17H,1-6H3,(H,16,18);8-10H,4-7H2,1-3H3,(H,17,18). The van der Waals surface area contributed by atoms with E-state index in [-0.39, 0.29) is 46.1 Å². The third kappa shape index (κ3) is 24.7. The molecule has 0 saturated heterocycles. The number of ether oxygens (including phenoxy) is 4. The van der Waals surface area contributed by atoms with Gasteiger partial charge in [-0.25, -0.2) is 55.4 Å². The number of hydrogen-bond acceptors (Lipinski definition) is 16. The number of aryl methyl sites for hydroxylation is 1. The number of anilines is 2. The first kappa shape index (κ1) is 69.6.